The summed E-state index contributed by atoms with van der Waals surface area (Å²) >= 11 is 4.81. The Labute approximate surface area is 128 Å². The molecule has 108 valence electrons. The molecule has 0 aliphatic rings. The number of carbonyl (C=O) groups is 1. The predicted octanol–water partition coefficient (Wildman–Crippen LogP) is 2.60. The molecule has 0 unspecified atom stereocenters. The van der Waals surface area contributed by atoms with Crippen LogP contribution in [0.15, 0.2) is 48.5 Å². The predicted molar refractivity (Wildman–Crippen MR) is 87.8 cm³/mol. The first kappa shape index (κ1) is 14.8. The number of benzene rings is 2. The number of ether oxygens (including phenoxy) is 1. The lowest BCUT2D eigenvalue weighted by Gasteiger charge is -2.13. The minimum Gasteiger partial charge on any atom is -0.495 e. The number of anilines is 2. The van der Waals surface area contributed by atoms with Gasteiger partial charge in [-0.15, -0.1) is 0 Å². The van der Waals surface area contributed by atoms with Crippen molar-refractivity contribution in [1.29, 1.82) is 0 Å². The topological polar surface area (TPSA) is 76.4 Å². The summed E-state index contributed by atoms with van der Waals surface area (Å²) in [6.07, 6.45) is 0. The molecule has 21 heavy (non-hydrogen) atoms. The summed E-state index contributed by atoms with van der Waals surface area (Å²) in [6.45, 7) is 0. The van der Waals surface area contributed by atoms with Crippen LogP contribution < -0.4 is 21.1 Å². The average Bonchev–Trinajstić information content (AvgIpc) is 2.47. The smallest absolute Gasteiger partial charge is 0.257 e. The second-order valence-electron chi connectivity index (χ2n) is 4.19. The highest BCUT2D eigenvalue weighted by molar-refractivity contribution is 7.80. The fourth-order valence-electron chi connectivity index (χ4n) is 1.86. The molecular weight excluding hydrogens is 286 g/mol. The van der Waals surface area contributed by atoms with Gasteiger partial charge in [0.2, 0.25) is 0 Å². The molecule has 4 N–H and O–H groups in total. The van der Waals surface area contributed by atoms with Crippen molar-refractivity contribution >= 4 is 34.6 Å². The maximum Gasteiger partial charge on any atom is 0.257 e. The summed E-state index contributed by atoms with van der Waals surface area (Å²) in [5.41, 5.74) is 7.05. The van der Waals surface area contributed by atoms with Gasteiger partial charge < -0.3 is 21.1 Å². The molecule has 0 saturated carbocycles. The van der Waals surface area contributed by atoms with E-state index < -0.39 is 0 Å². The van der Waals surface area contributed by atoms with Gasteiger partial charge in [0.1, 0.15) is 5.75 Å². The van der Waals surface area contributed by atoms with Gasteiger partial charge in [-0.2, -0.15) is 0 Å². The third-order valence-electron chi connectivity index (χ3n) is 2.78. The Morgan fingerprint density at radius 2 is 1.67 bits per heavy atom. The van der Waals surface area contributed by atoms with Crippen LogP contribution >= 0.6 is 12.2 Å². The summed E-state index contributed by atoms with van der Waals surface area (Å²) in [7, 11) is 1.55. The van der Waals surface area contributed by atoms with E-state index in [-0.39, 0.29) is 11.0 Å². The number of methoxy groups -OCH3 is 1. The molecule has 2 rings (SSSR count). The van der Waals surface area contributed by atoms with Crippen LogP contribution in [0.4, 0.5) is 11.4 Å². The molecule has 2 aromatic rings. The zero-order valence-electron chi connectivity index (χ0n) is 11.4. The van der Waals surface area contributed by atoms with Crippen LogP contribution in [0.25, 0.3) is 0 Å². The van der Waals surface area contributed by atoms with Gasteiger partial charge in [-0.05, 0) is 36.5 Å². The van der Waals surface area contributed by atoms with Crippen molar-refractivity contribution < 1.29 is 9.53 Å². The van der Waals surface area contributed by atoms with Crippen LogP contribution in [0.2, 0.25) is 0 Å². The number of carbonyl (C=O) groups excluding carboxylic acids is 1. The summed E-state index contributed by atoms with van der Waals surface area (Å²) in [6, 6.07) is 14.2. The highest BCUT2D eigenvalue weighted by Crippen LogP contribution is 2.25. The Hall–Kier alpha value is -2.60. The molecule has 2 aromatic carbocycles. The molecule has 0 spiro atoms. The van der Waals surface area contributed by atoms with E-state index in [2.05, 4.69) is 10.6 Å². The van der Waals surface area contributed by atoms with Gasteiger partial charge in [0.25, 0.3) is 5.91 Å². The molecule has 0 aliphatic heterocycles. The third-order valence-corrected chi connectivity index (χ3v) is 2.89. The molecule has 6 heteroatoms. The van der Waals surface area contributed by atoms with Gasteiger partial charge in [-0.1, -0.05) is 24.3 Å². The van der Waals surface area contributed by atoms with Crippen LogP contribution in [0.3, 0.4) is 0 Å². The highest BCUT2D eigenvalue weighted by atomic mass is 32.1. The van der Waals surface area contributed by atoms with Gasteiger partial charge >= 0.3 is 0 Å². The molecule has 0 saturated heterocycles. The number of thiocarbonyl (C=S) groups is 1. The average molecular weight is 301 g/mol. The summed E-state index contributed by atoms with van der Waals surface area (Å²) in [4.78, 5) is 12.4. The number of nitrogens with two attached hydrogens (primary N) is 1. The van der Waals surface area contributed by atoms with Crippen LogP contribution in [-0.2, 0) is 0 Å². The van der Waals surface area contributed by atoms with Gasteiger partial charge in [-0.3, -0.25) is 4.79 Å². The maximum absolute atomic E-state index is 12.4. The molecule has 0 bridgehead atoms. The Bertz CT molecular complexity index is 673. The van der Waals surface area contributed by atoms with E-state index in [9.17, 15) is 4.79 Å². The molecule has 1 amide bonds. The lowest BCUT2D eigenvalue weighted by atomic mass is 10.1. The fraction of sp³-hybridized carbons (Fsp3) is 0.0667. The lowest BCUT2D eigenvalue weighted by Crippen LogP contribution is -2.22. The first-order valence-corrected chi connectivity index (χ1v) is 6.62. The first-order chi connectivity index (χ1) is 10.1. The number of amides is 1. The molecular formula is C15H15N3O2S. The Morgan fingerprint density at radius 3 is 2.33 bits per heavy atom. The third kappa shape index (κ3) is 3.70. The highest BCUT2D eigenvalue weighted by Gasteiger charge is 2.13. The SMILES string of the molecule is COc1ccccc1NC(=O)c1ccccc1NC(N)=S. The Kier molecular flexibility index (Phi) is 4.73. The number of rotatable bonds is 4. The van der Waals surface area contributed by atoms with Gasteiger partial charge in [0.05, 0.1) is 24.0 Å². The lowest BCUT2D eigenvalue weighted by molar-refractivity contribution is 0.102. The van der Waals surface area contributed by atoms with Crippen molar-refractivity contribution in [2.75, 3.05) is 17.7 Å². The van der Waals surface area contributed by atoms with E-state index in [1.165, 1.54) is 0 Å². The van der Waals surface area contributed by atoms with Gasteiger partial charge in [0.15, 0.2) is 5.11 Å². The normalized spacial score (nSPS) is 9.76. The number of nitrogens with one attached hydrogen (secondary N) is 2. The minimum absolute atomic E-state index is 0.104. The van der Waals surface area contributed by atoms with Crippen molar-refractivity contribution in [3.8, 4) is 5.75 Å². The number of hydrogen-bond donors (Lipinski definition) is 3. The maximum atomic E-state index is 12.4. The zero-order chi connectivity index (χ0) is 15.2. The quantitative estimate of drug-likeness (QED) is 0.757. The van der Waals surface area contributed by atoms with E-state index in [0.29, 0.717) is 22.7 Å². The molecule has 5 nitrogen and oxygen atoms in total. The van der Waals surface area contributed by atoms with Crippen molar-refractivity contribution in [3.05, 3.63) is 54.1 Å². The van der Waals surface area contributed by atoms with Crippen molar-refractivity contribution in [1.82, 2.24) is 0 Å². The monoisotopic (exact) mass is 301 g/mol. The number of para-hydroxylation sites is 3. The van der Waals surface area contributed by atoms with Gasteiger partial charge in [0, 0.05) is 0 Å². The Balaban J connectivity index is 2.26. The van der Waals surface area contributed by atoms with Gasteiger partial charge in [-0.25, -0.2) is 0 Å². The van der Waals surface area contributed by atoms with Crippen LogP contribution in [0.1, 0.15) is 10.4 Å². The van der Waals surface area contributed by atoms with Crippen molar-refractivity contribution in [3.63, 3.8) is 0 Å². The van der Waals surface area contributed by atoms with Crippen molar-refractivity contribution in [2.45, 2.75) is 0 Å². The van der Waals surface area contributed by atoms with E-state index in [1.54, 1.807) is 43.5 Å². The molecule has 0 aromatic heterocycles. The number of hydrogen-bond acceptors (Lipinski definition) is 3. The fourth-order valence-corrected chi connectivity index (χ4v) is 1.97. The molecule has 0 radical (unpaired) electrons. The summed E-state index contributed by atoms with van der Waals surface area (Å²) in [5.74, 6) is 0.310. The van der Waals surface area contributed by atoms with Crippen LogP contribution in [0, 0.1) is 0 Å². The standard InChI is InChI=1S/C15H15N3O2S/c1-20-13-9-5-4-8-12(13)17-14(19)10-6-2-3-7-11(10)18-15(16)21/h2-9H,1H3,(H,17,19)(H3,16,18,21). The van der Waals surface area contributed by atoms with Crippen LogP contribution in [-0.4, -0.2) is 18.1 Å². The molecule has 0 heterocycles. The second kappa shape index (κ2) is 6.71. The summed E-state index contributed by atoms with van der Waals surface area (Å²) < 4.78 is 5.21. The largest absolute Gasteiger partial charge is 0.495 e. The van der Waals surface area contributed by atoms with Crippen molar-refractivity contribution in [2.24, 2.45) is 5.73 Å². The summed E-state index contributed by atoms with van der Waals surface area (Å²) in [5, 5.41) is 5.69. The molecule has 0 atom stereocenters. The van der Waals surface area contributed by atoms with E-state index in [1.807, 2.05) is 12.1 Å². The minimum atomic E-state index is -0.279. The van der Waals surface area contributed by atoms with E-state index >= 15 is 0 Å². The zero-order valence-corrected chi connectivity index (χ0v) is 12.2. The molecule has 0 fully saturated rings. The van der Waals surface area contributed by atoms with E-state index in [0.717, 1.165) is 0 Å². The van der Waals surface area contributed by atoms with E-state index in [4.69, 9.17) is 22.7 Å². The first-order valence-electron chi connectivity index (χ1n) is 6.21. The van der Waals surface area contributed by atoms with Crippen LogP contribution in [0.5, 0.6) is 5.75 Å². The second-order valence-corrected chi connectivity index (χ2v) is 4.63. The Morgan fingerprint density at radius 1 is 1.05 bits per heavy atom. The molecule has 0 aliphatic carbocycles.